The lowest BCUT2D eigenvalue weighted by molar-refractivity contribution is -0.137. The molecule has 6 nitrogen and oxygen atoms in total. The summed E-state index contributed by atoms with van der Waals surface area (Å²) < 4.78 is 54.4. The number of amides is 1. The lowest BCUT2D eigenvalue weighted by Gasteiger charge is -2.28. The van der Waals surface area contributed by atoms with Gasteiger partial charge in [0.25, 0.3) is 0 Å². The van der Waals surface area contributed by atoms with Crippen molar-refractivity contribution in [3.63, 3.8) is 0 Å². The number of piperazine rings is 1. The molecule has 0 spiro atoms. The largest absolute Gasteiger partial charge is 0.416 e. The van der Waals surface area contributed by atoms with Gasteiger partial charge in [0.2, 0.25) is 5.91 Å². The molecule has 194 valence electrons. The number of alkyl halides is 3. The Kier molecular flexibility index (Phi) is 6.99. The van der Waals surface area contributed by atoms with Gasteiger partial charge in [-0.3, -0.25) is 4.79 Å². The van der Waals surface area contributed by atoms with Crippen molar-refractivity contribution < 1.29 is 22.4 Å². The molecular weight excluding hydrogens is 486 g/mol. The number of carbonyl (C=O) groups is 1. The quantitative estimate of drug-likeness (QED) is 0.485. The summed E-state index contributed by atoms with van der Waals surface area (Å²) in [5.74, 6) is -0.299. The minimum atomic E-state index is -4.40. The number of carbonyl (C=O) groups excluding carboxylic acids is 1. The van der Waals surface area contributed by atoms with E-state index in [1.807, 2.05) is 34.1 Å². The zero-order valence-electron chi connectivity index (χ0n) is 20.1. The first-order valence-electron chi connectivity index (χ1n) is 12.3. The maximum Gasteiger partial charge on any atom is 0.416 e. The van der Waals surface area contributed by atoms with E-state index in [1.54, 1.807) is 0 Å². The molecule has 1 N–H and O–H groups in total. The SMILES string of the molecule is O=C1CN(c2ccc(CCc3ncnc(N4CCCC4c4ccc(C(F)(F)F)cc4)c3F)cc2)CCN1. The van der Waals surface area contributed by atoms with Crippen molar-refractivity contribution in [3.05, 3.63) is 83.1 Å². The van der Waals surface area contributed by atoms with Gasteiger partial charge in [-0.15, -0.1) is 0 Å². The Morgan fingerprint density at radius 2 is 1.73 bits per heavy atom. The second-order valence-corrected chi connectivity index (χ2v) is 9.37. The molecule has 10 heteroatoms. The summed E-state index contributed by atoms with van der Waals surface area (Å²) in [5.41, 5.74) is 2.30. The summed E-state index contributed by atoms with van der Waals surface area (Å²) >= 11 is 0. The maximum atomic E-state index is 15.5. The number of anilines is 2. The topological polar surface area (TPSA) is 61.4 Å². The van der Waals surface area contributed by atoms with E-state index in [0.717, 1.165) is 36.3 Å². The van der Waals surface area contributed by atoms with Gasteiger partial charge in [0, 0.05) is 25.3 Å². The molecule has 0 aliphatic carbocycles. The number of hydrogen-bond acceptors (Lipinski definition) is 5. The van der Waals surface area contributed by atoms with Crippen LogP contribution in [-0.4, -0.2) is 42.1 Å². The summed E-state index contributed by atoms with van der Waals surface area (Å²) in [6.07, 6.45) is -0.598. The monoisotopic (exact) mass is 513 g/mol. The van der Waals surface area contributed by atoms with Gasteiger partial charge in [-0.25, -0.2) is 14.4 Å². The molecule has 0 radical (unpaired) electrons. The van der Waals surface area contributed by atoms with Gasteiger partial charge < -0.3 is 15.1 Å². The maximum absolute atomic E-state index is 15.5. The molecule has 1 amide bonds. The zero-order valence-corrected chi connectivity index (χ0v) is 20.1. The first-order chi connectivity index (χ1) is 17.8. The van der Waals surface area contributed by atoms with Gasteiger partial charge >= 0.3 is 6.18 Å². The number of aryl methyl sites for hydroxylation is 2. The third-order valence-corrected chi connectivity index (χ3v) is 6.98. The molecule has 2 aliphatic rings. The third-order valence-electron chi connectivity index (χ3n) is 6.98. The van der Waals surface area contributed by atoms with Gasteiger partial charge in [-0.05, 0) is 61.1 Å². The Morgan fingerprint density at radius 3 is 2.43 bits per heavy atom. The van der Waals surface area contributed by atoms with E-state index in [-0.39, 0.29) is 17.8 Å². The number of hydrogen-bond donors (Lipinski definition) is 1. The molecule has 1 atom stereocenters. The van der Waals surface area contributed by atoms with E-state index in [0.29, 0.717) is 50.2 Å². The zero-order chi connectivity index (χ0) is 26.0. The standard InChI is InChI=1S/C27H27F4N5O/c28-25-22(12-5-18-3-10-21(11-4-18)35-15-13-32-24(37)16-35)33-17-34-26(25)36-14-1-2-23(36)19-6-8-20(9-7-19)27(29,30)31/h3-4,6-11,17,23H,1-2,5,12-16H2,(H,32,37). The number of nitrogens with one attached hydrogen (secondary N) is 1. The average Bonchev–Trinajstić information content (AvgIpc) is 3.38. The molecule has 3 aromatic rings. The van der Waals surface area contributed by atoms with Crippen LogP contribution in [0.5, 0.6) is 0 Å². The highest BCUT2D eigenvalue weighted by molar-refractivity contribution is 5.82. The van der Waals surface area contributed by atoms with Crippen LogP contribution in [0.3, 0.4) is 0 Å². The van der Waals surface area contributed by atoms with Crippen molar-refractivity contribution in [2.24, 2.45) is 0 Å². The number of nitrogens with zero attached hydrogens (tertiary/aromatic N) is 4. The van der Waals surface area contributed by atoms with Crippen LogP contribution in [0.2, 0.25) is 0 Å². The third kappa shape index (κ3) is 5.52. The van der Waals surface area contributed by atoms with E-state index in [9.17, 15) is 18.0 Å². The molecule has 2 fully saturated rings. The molecule has 3 heterocycles. The minimum absolute atomic E-state index is 0.00364. The lowest BCUT2D eigenvalue weighted by atomic mass is 10.0. The highest BCUT2D eigenvalue weighted by atomic mass is 19.4. The number of halogens is 4. The van der Waals surface area contributed by atoms with Crippen molar-refractivity contribution in [1.29, 1.82) is 0 Å². The highest BCUT2D eigenvalue weighted by Crippen LogP contribution is 2.38. The Bertz CT molecular complexity index is 1250. The molecule has 0 bridgehead atoms. The molecule has 1 aromatic heterocycles. The van der Waals surface area contributed by atoms with Gasteiger partial charge in [0.05, 0.1) is 23.8 Å². The molecule has 2 aliphatic heterocycles. The van der Waals surface area contributed by atoms with Crippen LogP contribution >= 0.6 is 0 Å². The first kappa shape index (κ1) is 25.0. The van der Waals surface area contributed by atoms with E-state index in [2.05, 4.69) is 15.3 Å². The fourth-order valence-corrected chi connectivity index (χ4v) is 5.03. The molecular formula is C27H27F4N5O. The van der Waals surface area contributed by atoms with Crippen LogP contribution in [0.4, 0.5) is 29.1 Å². The summed E-state index contributed by atoms with van der Waals surface area (Å²) in [4.78, 5) is 23.8. The van der Waals surface area contributed by atoms with Crippen molar-refractivity contribution in [2.75, 3.05) is 36.0 Å². The first-order valence-corrected chi connectivity index (χ1v) is 12.3. The molecule has 2 aromatic carbocycles. The summed E-state index contributed by atoms with van der Waals surface area (Å²) in [6, 6.07) is 12.7. The summed E-state index contributed by atoms with van der Waals surface area (Å²) in [6.45, 7) is 2.27. The fraction of sp³-hybridized carbons (Fsp3) is 0.370. The number of aromatic nitrogens is 2. The summed E-state index contributed by atoms with van der Waals surface area (Å²) in [5, 5.41) is 2.81. The molecule has 5 rings (SSSR count). The van der Waals surface area contributed by atoms with E-state index in [4.69, 9.17) is 0 Å². The smallest absolute Gasteiger partial charge is 0.360 e. The van der Waals surface area contributed by atoms with Crippen molar-refractivity contribution in [2.45, 2.75) is 37.9 Å². The Balaban J connectivity index is 1.27. The van der Waals surface area contributed by atoms with E-state index >= 15 is 4.39 Å². The number of rotatable bonds is 6. The predicted octanol–water partition coefficient (Wildman–Crippen LogP) is 4.70. The van der Waals surface area contributed by atoms with Crippen LogP contribution in [0, 0.1) is 5.82 Å². The second kappa shape index (κ2) is 10.4. The van der Waals surface area contributed by atoms with Crippen molar-refractivity contribution >= 4 is 17.4 Å². The van der Waals surface area contributed by atoms with Crippen LogP contribution in [0.15, 0.2) is 54.9 Å². The Hall–Kier alpha value is -3.69. The normalized spacial score (nSPS) is 18.3. The van der Waals surface area contributed by atoms with E-state index in [1.165, 1.54) is 18.5 Å². The van der Waals surface area contributed by atoms with Crippen LogP contribution in [0.25, 0.3) is 0 Å². The van der Waals surface area contributed by atoms with Gasteiger partial charge in [-0.1, -0.05) is 24.3 Å². The van der Waals surface area contributed by atoms with Crippen LogP contribution < -0.4 is 15.1 Å². The fourth-order valence-electron chi connectivity index (χ4n) is 5.03. The number of benzene rings is 2. The van der Waals surface area contributed by atoms with Crippen LogP contribution in [-0.2, 0) is 23.8 Å². The van der Waals surface area contributed by atoms with E-state index < -0.39 is 17.6 Å². The van der Waals surface area contributed by atoms with Crippen molar-refractivity contribution in [3.8, 4) is 0 Å². The Morgan fingerprint density at radius 1 is 0.973 bits per heavy atom. The van der Waals surface area contributed by atoms with Gasteiger partial charge in [0.1, 0.15) is 6.33 Å². The van der Waals surface area contributed by atoms with Crippen LogP contribution in [0.1, 0.15) is 41.3 Å². The lowest BCUT2D eigenvalue weighted by Crippen LogP contribution is -2.47. The minimum Gasteiger partial charge on any atom is -0.360 e. The second-order valence-electron chi connectivity index (χ2n) is 9.37. The molecule has 2 saturated heterocycles. The predicted molar refractivity (Wildman–Crippen MR) is 132 cm³/mol. The average molecular weight is 514 g/mol. The van der Waals surface area contributed by atoms with Crippen molar-refractivity contribution in [1.82, 2.24) is 15.3 Å². The van der Waals surface area contributed by atoms with Gasteiger partial charge in [-0.2, -0.15) is 13.2 Å². The summed E-state index contributed by atoms with van der Waals surface area (Å²) in [7, 11) is 0. The highest BCUT2D eigenvalue weighted by Gasteiger charge is 2.33. The van der Waals surface area contributed by atoms with Gasteiger partial charge in [0.15, 0.2) is 11.6 Å². The molecule has 0 saturated carbocycles. The molecule has 37 heavy (non-hydrogen) atoms. The molecule has 1 unspecified atom stereocenters. The Labute approximate surface area is 212 Å².